The van der Waals surface area contributed by atoms with E-state index in [0.29, 0.717) is 0 Å². The predicted octanol–water partition coefficient (Wildman–Crippen LogP) is 2.76. The van der Waals surface area contributed by atoms with Crippen LogP contribution in [0.25, 0.3) is 0 Å². The smallest absolute Gasteiger partial charge is 0.00325 e. The average molecular weight is 181 g/mol. The van der Waals surface area contributed by atoms with Crippen LogP contribution in [0.1, 0.15) is 39.5 Å². The van der Waals surface area contributed by atoms with E-state index in [1.165, 1.54) is 32.2 Å². The molecule has 2 bridgehead atoms. The molecule has 3 saturated carbocycles. The minimum Gasteiger partial charge on any atom is -0.309 e. The molecule has 0 saturated heterocycles. The Morgan fingerprint density at radius 3 is 2.00 bits per heavy atom. The van der Waals surface area contributed by atoms with Crippen LogP contribution in [0.5, 0.6) is 0 Å². The molecule has 76 valence electrons. The Morgan fingerprint density at radius 1 is 1.08 bits per heavy atom. The fraction of sp³-hybridized carbons (Fsp3) is 1.00. The molecular weight excluding hydrogens is 158 g/mol. The molecule has 0 aromatic rings. The van der Waals surface area contributed by atoms with Crippen molar-refractivity contribution in [3.63, 3.8) is 0 Å². The van der Waals surface area contributed by atoms with Crippen molar-refractivity contribution in [3.8, 4) is 0 Å². The predicted molar refractivity (Wildman–Crippen MR) is 56.7 cm³/mol. The summed E-state index contributed by atoms with van der Waals surface area (Å²) in [7, 11) is 4.41. The first-order valence-corrected chi connectivity index (χ1v) is 5.60. The molecule has 0 heterocycles. The second-order valence-corrected chi connectivity index (χ2v) is 6.37. The summed E-state index contributed by atoms with van der Waals surface area (Å²) in [6, 6.07) is 0. The largest absolute Gasteiger partial charge is 0.309 e. The van der Waals surface area contributed by atoms with E-state index in [-0.39, 0.29) is 0 Å². The third kappa shape index (κ3) is 1.52. The Labute approximate surface area is 82.5 Å². The lowest BCUT2D eigenvalue weighted by atomic mass is 9.33. The number of hydrogen-bond acceptors (Lipinski definition) is 1. The minimum absolute atomic E-state index is 0.762. The van der Waals surface area contributed by atoms with E-state index in [2.05, 4.69) is 32.8 Å². The maximum atomic E-state index is 2.36. The molecule has 0 unspecified atom stereocenters. The molecule has 0 aromatic carbocycles. The molecule has 0 spiro atoms. The molecule has 13 heavy (non-hydrogen) atoms. The van der Waals surface area contributed by atoms with Gasteiger partial charge in [0, 0.05) is 6.54 Å². The van der Waals surface area contributed by atoms with Crippen LogP contribution in [0.15, 0.2) is 0 Å². The average Bonchev–Trinajstić information content (AvgIpc) is 1.77. The molecular formula is C12H23N. The molecule has 3 rings (SSSR count). The van der Waals surface area contributed by atoms with Gasteiger partial charge in [0.15, 0.2) is 0 Å². The molecule has 3 aliphatic rings. The van der Waals surface area contributed by atoms with Gasteiger partial charge < -0.3 is 4.90 Å². The van der Waals surface area contributed by atoms with Gasteiger partial charge in [0.05, 0.1) is 0 Å². The van der Waals surface area contributed by atoms with Gasteiger partial charge in [0.1, 0.15) is 0 Å². The number of nitrogens with zero attached hydrogens (tertiary/aromatic N) is 1. The lowest BCUT2D eigenvalue weighted by molar-refractivity contribution is -0.218. The summed E-state index contributed by atoms with van der Waals surface area (Å²) in [5, 5.41) is 0. The van der Waals surface area contributed by atoms with Gasteiger partial charge in [-0.25, -0.2) is 0 Å². The van der Waals surface area contributed by atoms with Crippen LogP contribution in [0, 0.1) is 16.7 Å². The first-order chi connectivity index (χ1) is 5.95. The highest BCUT2D eigenvalue weighted by atomic mass is 15.1. The lowest BCUT2D eigenvalue weighted by Crippen LogP contribution is -2.65. The molecule has 0 atom stereocenters. The van der Waals surface area contributed by atoms with Gasteiger partial charge in [-0.3, -0.25) is 0 Å². The maximum Gasteiger partial charge on any atom is 0.00325 e. The number of rotatable bonds is 4. The zero-order valence-corrected chi connectivity index (χ0v) is 9.56. The molecule has 1 nitrogen and oxygen atoms in total. The quantitative estimate of drug-likeness (QED) is 0.644. The van der Waals surface area contributed by atoms with E-state index in [0.717, 1.165) is 16.7 Å². The van der Waals surface area contributed by atoms with Crippen molar-refractivity contribution >= 4 is 0 Å². The zero-order chi connectivity index (χ0) is 9.69. The van der Waals surface area contributed by atoms with Crippen LogP contribution in [-0.4, -0.2) is 25.5 Å². The van der Waals surface area contributed by atoms with E-state index in [4.69, 9.17) is 0 Å². The molecule has 0 N–H and O–H groups in total. The summed E-state index contributed by atoms with van der Waals surface area (Å²) >= 11 is 0. The number of hydrogen-bond donors (Lipinski definition) is 0. The van der Waals surface area contributed by atoms with Crippen LogP contribution >= 0.6 is 0 Å². The van der Waals surface area contributed by atoms with Gasteiger partial charge in [0.25, 0.3) is 0 Å². The van der Waals surface area contributed by atoms with Crippen molar-refractivity contribution in [2.75, 3.05) is 20.6 Å². The van der Waals surface area contributed by atoms with E-state index in [1.54, 1.807) is 0 Å². The first kappa shape index (κ1) is 9.51. The zero-order valence-electron chi connectivity index (χ0n) is 9.56. The molecule has 0 amide bonds. The molecule has 3 fully saturated rings. The molecule has 0 aromatic heterocycles. The Hall–Kier alpha value is -0.0400. The second-order valence-electron chi connectivity index (χ2n) is 6.37. The summed E-state index contributed by atoms with van der Waals surface area (Å²) in [5.41, 5.74) is 1.57. The van der Waals surface area contributed by atoms with Crippen molar-refractivity contribution < 1.29 is 0 Å². The first-order valence-electron chi connectivity index (χ1n) is 5.60. The minimum atomic E-state index is 0.762. The maximum absolute atomic E-state index is 2.36. The highest BCUT2D eigenvalue weighted by molar-refractivity contribution is 5.17. The van der Waals surface area contributed by atoms with Crippen LogP contribution in [-0.2, 0) is 0 Å². The Kier molecular flexibility index (Phi) is 1.99. The van der Waals surface area contributed by atoms with Gasteiger partial charge in [-0.1, -0.05) is 13.8 Å². The third-order valence-electron chi connectivity index (χ3n) is 3.74. The molecule has 3 aliphatic carbocycles. The van der Waals surface area contributed by atoms with Gasteiger partial charge in [-0.2, -0.15) is 0 Å². The lowest BCUT2D eigenvalue weighted by Gasteiger charge is -2.72. The van der Waals surface area contributed by atoms with Crippen LogP contribution < -0.4 is 0 Å². The van der Waals surface area contributed by atoms with Gasteiger partial charge in [0.2, 0.25) is 0 Å². The van der Waals surface area contributed by atoms with Crippen molar-refractivity contribution in [2.45, 2.75) is 39.5 Å². The van der Waals surface area contributed by atoms with Crippen molar-refractivity contribution in [2.24, 2.45) is 16.7 Å². The van der Waals surface area contributed by atoms with Crippen LogP contribution in [0.3, 0.4) is 0 Å². The summed E-state index contributed by atoms with van der Waals surface area (Å²) in [5.74, 6) is 0.901. The summed E-state index contributed by atoms with van der Waals surface area (Å²) < 4.78 is 0. The Bertz CT molecular complexity index is 165. The summed E-state index contributed by atoms with van der Waals surface area (Å²) in [4.78, 5) is 2.36. The van der Waals surface area contributed by atoms with E-state index >= 15 is 0 Å². The summed E-state index contributed by atoms with van der Waals surface area (Å²) in [6.07, 6.45) is 6.05. The topological polar surface area (TPSA) is 3.24 Å². The van der Waals surface area contributed by atoms with E-state index in [1.807, 2.05) is 0 Å². The Morgan fingerprint density at radius 2 is 1.62 bits per heavy atom. The fourth-order valence-corrected chi connectivity index (χ4v) is 4.15. The molecule has 0 radical (unpaired) electrons. The normalized spacial score (nSPS) is 42.0. The van der Waals surface area contributed by atoms with Crippen LogP contribution in [0.2, 0.25) is 0 Å². The van der Waals surface area contributed by atoms with Crippen molar-refractivity contribution in [3.05, 3.63) is 0 Å². The fourth-order valence-electron chi connectivity index (χ4n) is 4.15. The second kappa shape index (κ2) is 2.73. The molecule has 0 aliphatic heterocycles. The van der Waals surface area contributed by atoms with E-state index < -0.39 is 0 Å². The molecule has 1 heteroatoms. The Balaban J connectivity index is 1.79. The van der Waals surface area contributed by atoms with Crippen molar-refractivity contribution in [1.82, 2.24) is 4.90 Å². The van der Waals surface area contributed by atoms with Crippen LogP contribution in [0.4, 0.5) is 0 Å². The van der Waals surface area contributed by atoms with Crippen molar-refractivity contribution in [1.29, 1.82) is 0 Å². The highest BCUT2D eigenvalue weighted by Crippen LogP contribution is 2.75. The SMILES string of the molecule is CC(C)CC12CC(CN(C)C)(C1)C2. The van der Waals surface area contributed by atoms with Gasteiger partial charge >= 0.3 is 0 Å². The third-order valence-corrected chi connectivity index (χ3v) is 3.74. The standard InChI is InChI=1S/C12H23N/c1-10(2)5-11-6-12(7-11,8-11)9-13(3)4/h10H,5-9H2,1-4H3. The van der Waals surface area contributed by atoms with E-state index in [9.17, 15) is 0 Å². The highest BCUT2D eigenvalue weighted by Gasteiger charge is 2.66. The monoisotopic (exact) mass is 181 g/mol. The summed E-state index contributed by atoms with van der Waals surface area (Å²) in [6.45, 7) is 6.05. The van der Waals surface area contributed by atoms with Gasteiger partial charge in [-0.05, 0) is 56.5 Å². The van der Waals surface area contributed by atoms with Gasteiger partial charge in [-0.15, -0.1) is 0 Å².